The minimum absolute atomic E-state index is 0. The second-order valence-corrected chi connectivity index (χ2v) is 5.19. The molecule has 0 atom stereocenters. The third kappa shape index (κ3) is 3.09. The summed E-state index contributed by atoms with van der Waals surface area (Å²) in [5, 5.41) is 8.21. The second-order valence-electron chi connectivity index (χ2n) is 5.19. The smallest absolute Gasteiger partial charge is 0.202 e. The van der Waals surface area contributed by atoms with Crippen molar-refractivity contribution >= 4 is 11.0 Å². The first-order chi connectivity index (χ1) is 10.2. The second kappa shape index (κ2) is 6.83. The van der Waals surface area contributed by atoms with Gasteiger partial charge in [-0.2, -0.15) is 0 Å². The molecular weight excluding hydrogens is 342 g/mol. The lowest BCUT2D eigenvalue weighted by Gasteiger charge is -2.08. The first-order valence-corrected chi connectivity index (χ1v) is 7.05. The van der Waals surface area contributed by atoms with E-state index in [0.29, 0.717) is 18.8 Å². The van der Waals surface area contributed by atoms with Crippen molar-refractivity contribution in [2.45, 2.75) is 13.5 Å². The molecule has 2 aromatic carbocycles. The summed E-state index contributed by atoms with van der Waals surface area (Å²) in [6.45, 7) is 3.26. The van der Waals surface area contributed by atoms with E-state index in [4.69, 9.17) is 10.1 Å². The predicted molar refractivity (Wildman–Crippen MR) is 83.4 cm³/mol. The average Bonchev–Trinajstić information content (AvgIpc) is 2.73. The van der Waals surface area contributed by atoms with E-state index < -0.39 is 0 Å². The van der Waals surface area contributed by atoms with E-state index in [1.54, 1.807) is 0 Å². The maximum absolute atomic E-state index is 8.21. The summed E-state index contributed by atoms with van der Waals surface area (Å²) >= 11 is 0. The molecule has 0 fully saturated rings. The van der Waals surface area contributed by atoms with E-state index in [-0.39, 0.29) is 17.0 Å². The number of hydrogen-bond donors (Lipinski definition) is 1. The number of halogens is 1. The lowest BCUT2D eigenvalue weighted by molar-refractivity contribution is -0.00000510. The van der Waals surface area contributed by atoms with Gasteiger partial charge in [-0.15, -0.1) is 0 Å². The molecule has 3 rings (SSSR count). The maximum Gasteiger partial charge on any atom is 0.202 e. The normalized spacial score (nSPS) is 10.5. The molecule has 22 heavy (non-hydrogen) atoms. The van der Waals surface area contributed by atoms with Crippen LogP contribution in [-0.2, 0) is 13.6 Å². The molecule has 1 N–H and O–H groups in total. The van der Waals surface area contributed by atoms with Crippen LogP contribution in [0.4, 0.5) is 0 Å². The monoisotopic (exact) mass is 360 g/mol. The third-order valence-corrected chi connectivity index (χ3v) is 3.68. The highest BCUT2D eigenvalue weighted by Crippen LogP contribution is 2.14. The van der Waals surface area contributed by atoms with Crippen molar-refractivity contribution in [1.82, 2.24) is 9.13 Å². The Hall–Kier alpha value is -2.01. The van der Waals surface area contributed by atoms with Crippen LogP contribution in [0, 0.1) is 12.3 Å². The minimum atomic E-state index is 0. The topological polar surface area (TPSA) is 42.9 Å². The van der Waals surface area contributed by atoms with Gasteiger partial charge >= 0.3 is 0 Å². The van der Waals surface area contributed by atoms with Gasteiger partial charge in [0, 0.05) is 7.05 Å². The first-order valence-electron chi connectivity index (χ1n) is 7.05. The molecule has 0 aliphatic heterocycles. The minimum Gasteiger partial charge on any atom is -1.00 e. The Bertz CT molecular complexity index is 835. The molecule has 0 spiro atoms. The van der Waals surface area contributed by atoms with Gasteiger partial charge in [-0.3, -0.25) is 5.41 Å². The van der Waals surface area contributed by atoms with Crippen LogP contribution in [0.3, 0.4) is 0 Å². The summed E-state index contributed by atoms with van der Waals surface area (Å²) in [5.74, 6) is 0.877. The van der Waals surface area contributed by atoms with Crippen LogP contribution >= 0.6 is 0 Å². The Morgan fingerprint density at radius 2 is 1.77 bits per heavy atom. The summed E-state index contributed by atoms with van der Waals surface area (Å²) < 4.78 is 9.66. The van der Waals surface area contributed by atoms with Crippen LogP contribution in [0.25, 0.3) is 11.0 Å². The van der Waals surface area contributed by atoms with Gasteiger partial charge in [0.25, 0.3) is 0 Å². The Labute approximate surface area is 140 Å². The fraction of sp³-hybridized carbons (Fsp3) is 0.235. The molecule has 0 bridgehead atoms. The number of aryl methyl sites for hydroxylation is 2. The number of nitrogens with zero attached hydrogens (tertiary/aromatic N) is 2. The fourth-order valence-corrected chi connectivity index (χ4v) is 2.57. The molecular formula is C17H19BrN3O-. The summed E-state index contributed by atoms with van der Waals surface area (Å²) in [6, 6.07) is 16.1. The van der Waals surface area contributed by atoms with Crippen molar-refractivity contribution in [3.63, 3.8) is 0 Å². The molecule has 1 heterocycles. The van der Waals surface area contributed by atoms with E-state index in [9.17, 15) is 0 Å². The van der Waals surface area contributed by atoms with Gasteiger partial charge in [-0.1, -0.05) is 24.3 Å². The van der Waals surface area contributed by atoms with E-state index in [0.717, 1.165) is 16.8 Å². The van der Waals surface area contributed by atoms with Gasteiger partial charge in [-0.25, -0.2) is 0 Å². The summed E-state index contributed by atoms with van der Waals surface area (Å²) in [7, 11) is 1.92. The van der Waals surface area contributed by atoms with Crippen LogP contribution in [0.5, 0.6) is 5.75 Å². The highest BCUT2D eigenvalue weighted by Gasteiger charge is 2.07. The van der Waals surface area contributed by atoms with Crippen LogP contribution in [0.2, 0.25) is 0 Å². The van der Waals surface area contributed by atoms with Crippen LogP contribution in [0.15, 0.2) is 48.5 Å². The van der Waals surface area contributed by atoms with Crippen molar-refractivity contribution in [3.05, 3.63) is 59.7 Å². The zero-order valence-corrected chi connectivity index (χ0v) is 14.3. The molecule has 116 valence electrons. The van der Waals surface area contributed by atoms with Crippen LogP contribution < -0.4 is 27.3 Å². The number of ether oxygens (including phenoxy) is 1. The molecule has 0 saturated heterocycles. The van der Waals surface area contributed by atoms with Crippen molar-refractivity contribution in [3.8, 4) is 5.75 Å². The zero-order valence-electron chi connectivity index (χ0n) is 12.7. The van der Waals surface area contributed by atoms with Gasteiger partial charge in [-0.05, 0) is 36.8 Å². The number of imidazole rings is 1. The molecule has 3 aromatic rings. The van der Waals surface area contributed by atoms with E-state index in [1.807, 2.05) is 71.6 Å². The summed E-state index contributed by atoms with van der Waals surface area (Å²) in [4.78, 5) is 0. The van der Waals surface area contributed by atoms with Crippen molar-refractivity contribution < 1.29 is 21.7 Å². The number of hydrogen-bond acceptors (Lipinski definition) is 2. The quantitative estimate of drug-likeness (QED) is 0.690. The zero-order chi connectivity index (χ0) is 14.8. The highest BCUT2D eigenvalue weighted by molar-refractivity contribution is 5.75. The number of fused-ring (bicyclic) bond motifs is 1. The molecule has 0 aliphatic rings. The van der Waals surface area contributed by atoms with E-state index in [2.05, 4.69) is 0 Å². The lowest BCUT2D eigenvalue weighted by Crippen LogP contribution is -3.00. The Balaban J connectivity index is 0.00000176. The number of rotatable bonds is 4. The van der Waals surface area contributed by atoms with Crippen LogP contribution in [-0.4, -0.2) is 15.7 Å². The predicted octanol–water partition coefficient (Wildman–Crippen LogP) is -0.149. The third-order valence-electron chi connectivity index (χ3n) is 3.68. The number of benzene rings is 2. The van der Waals surface area contributed by atoms with E-state index >= 15 is 0 Å². The Morgan fingerprint density at radius 3 is 2.50 bits per heavy atom. The lowest BCUT2D eigenvalue weighted by atomic mass is 10.2. The Morgan fingerprint density at radius 1 is 1.05 bits per heavy atom. The Kier molecular flexibility index (Phi) is 5.08. The highest BCUT2D eigenvalue weighted by atomic mass is 79.9. The van der Waals surface area contributed by atoms with Gasteiger partial charge in [0.05, 0.1) is 17.6 Å². The van der Waals surface area contributed by atoms with E-state index in [1.165, 1.54) is 5.56 Å². The van der Waals surface area contributed by atoms with Crippen molar-refractivity contribution in [2.24, 2.45) is 7.05 Å². The summed E-state index contributed by atoms with van der Waals surface area (Å²) in [6.07, 6.45) is 0. The van der Waals surface area contributed by atoms with Gasteiger partial charge in [0.15, 0.2) is 0 Å². The molecule has 0 amide bonds. The molecule has 1 aromatic heterocycles. The first kappa shape index (κ1) is 16.4. The standard InChI is InChI=1S/C17H19N3O.BrH/c1-13-6-5-7-14(12-13)21-11-10-20-16-9-4-3-8-15(16)19(2)17(20)18;/h3-9,12,18H,10-11H2,1-2H3;1H/p-1. The van der Waals surface area contributed by atoms with Gasteiger partial charge in [0.2, 0.25) is 5.62 Å². The molecule has 0 unspecified atom stereocenters. The molecule has 0 aliphatic carbocycles. The largest absolute Gasteiger partial charge is 1.00 e. The number of nitrogens with one attached hydrogen (secondary N) is 1. The summed E-state index contributed by atoms with van der Waals surface area (Å²) in [5.41, 5.74) is 3.81. The SMILES string of the molecule is Cc1cccc(OCCn2c(=N)n(C)c3ccccc32)c1.[Br-]. The molecule has 5 heteroatoms. The maximum atomic E-state index is 8.21. The van der Waals surface area contributed by atoms with Crippen LogP contribution in [0.1, 0.15) is 5.56 Å². The van der Waals surface area contributed by atoms with Gasteiger partial charge in [0.1, 0.15) is 12.4 Å². The molecule has 0 saturated carbocycles. The fourth-order valence-electron chi connectivity index (χ4n) is 2.57. The number of aromatic nitrogens is 2. The number of para-hydroxylation sites is 2. The van der Waals surface area contributed by atoms with Crippen molar-refractivity contribution in [2.75, 3.05) is 6.61 Å². The molecule has 0 radical (unpaired) electrons. The average molecular weight is 361 g/mol. The van der Waals surface area contributed by atoms with Gasteiger partial charge < -0.3 is 30.9 Å². The molecule has 4 nitrogen and oxygen atoms in total. The van der Waals surface area contributed by atoms with Crippen molar-refractivity contribution in [1.29, 1.82) is 5.41 Å².